The molecule has 1 aromatic carbocycles. The fraction of sp³-hybridized carbons (Fsp3) is 0.0714. The van der Waals surface area contributed by atoms with Gasteiger partial charge in [-0.25, -0.2) is 5.43 Å². The van der Waals surface area contributed by atoms with Gasteiger partial charge < -0.3 is 5.11 Å². The number of aromatic nitrogens is 1. The number of hydrogen-bond donors (Lipinski definition) is 2. The molecule has 0 aliphatic rings. The Balaban J connectivity index is 2.13. The molecule has 0 fully saturated rings. The number of nitrogens with one attached hydrogen (secondary N) is 1. The third-order valence-corrected chi connectivity index (χ3v) is 3.02. The van der Waals surface area contributed by atoms with Crippen LogP contribution in [0.25, 0.3) is 0 Å². The number of hydrazone groups is 1. The molecule has 2 rings (SSSR count). The Bertz CT molecular complexity index is 671. The number of hydrogen-bond acceptors (Lipinski definition) is 4. The number of nitrogens with zero attached hydrogens (tertiary/aromatic N) is 2. The number of pyridine rings is 1. The molecule has 0 radical (unpaired) electrons. The number of benzene rings is 1. The first kappa shape index (κ1) is 14.2. The molecule has 5 nitrogen and oxygen atoms in total. The maximum Gasteiger partial charge on any atom is 0.272 e. The molecule has 0 aliphatic carbocycles. The first-order valence-electron chi connectivity index (χ1n) is 5.81. The van der Waals surface area contributed by atoms with Gasteiger partial charge in [0.05, 0.1) is 11.3 Å². The second kappa shape index (κ2) is 6.29. The molecule has 1 amide bonds. The number of aromatic hydroxyl groups is 1. The molecule has 0 aliphatic heterocycles. The lowest BCUT2D eigenvalue weighted by molar-refractivity contribution is 0.0954. The predicted octanol–water partition coefficient (Wildman–Crippen LogP) is 2.70. The largest absolute Gasteiger partial charge is 0.507 e. The summed E-state index contributed by atoms with van der Waals surface area (Å²) in [6.07, 6.45) is 3.04. The predicted molar refractivity (Wildman–Crippen MR) is 79.7 cm³/mol. The fourth-order valence-electron chi connectivity index (χ4n) is 1.58. The van der Waals surface area contributed by atoms with E-state index < -0.39 is 0 Å². The Labute approximate surface area is 124 Å². The topological polar surface area (TPSA) is 74.6 Å². The van der Waals surface area contributed by atoms with Crippen molar-refractivity contribution in [2.45, 2.75) is 6.92 Å². The summed E-state index contributed by atoms with van der Waals surface area (Å²) in [5, 5.41) is 13.7. The number of carbonyl (C=O) groups excluding carboxylic acids is 1. The molecule has 2 N–H and O–H groups in total. The van der Waals surface area contributed by atoms with Gasteiger partial charge in [-0.3, -0.25) is 9.78 Å². The molecule has 0 bridgehead atoms. The maximum atomic E-state index is 11.9. The average Bonchev–Trinajstić information content (AvgIpc) is 2.45. The zero-order chi connectivity index (χ0) is 14.5. The normalized spacial score (nSPS) is 11.2. The summed E-state index contributed by atoms with van der Waals surface area (Å²) in [6, 6.07) is 8.44. The van der Waals surface area contributed by atoms with E-state index >= 15 is 0 Å². The summed E-state index contributed by atoms with van der Waals surface area (Å²) < 4.78 is 0.714. The van der Waals surface area contributed by atoms with Crippen molar-refractivity contribution < 1.29 is 9.90 Å². The molecule has 20 heavy (non-hydrogen) atoms. The standard InChI is InChI=1S/C14H12BrN3O2/c1-9(12-4-2-3-5-13(12)19)17-18-14(20)10-6-11(15)8-16-7-10/h2-8,19H,1H3,(H,18,20). The number of rotatable bonds is 3. The Morgan fingerprint density at radius 2 is 2.10 bits per heavy atom. The van der Waals surface area contributed by atoms with E-state index in [1.165, 1.54) is 6.20 Å². The Kier molecular flexibility index (Phi) is 4.47. The lowest BCUT2D eigenvalue weighted by Gasteiger charge is -2.04. The van der Waals surface area contributed by atoms with Gasteiger partial charge in [-0.05, 0) is 41.1 Å². The highest BCUT2D eigenvalue weighted by Crippen LogP contribution is 2.16. The van der Waals surface area contributed by atoms with E-state index in [2.05, 4.69) is 31.4 Å². The number of para-hydroxylation sites is 1. The second-order valence-corrected chi connectivity index (χ2v) is 4.96. The molecule has 1 heterocycles. The van der Waals surface area contributed by atoms with Crippen LogP contribution in [-0.2, 0) is 0 Å². The summed E-state index contributed by atoms with van der Waals surface area (Å²) in [7, 11) is 0. The highest BCUT2D eigenvalue weighted by atomic mass is 79.9. The van der Waals surface area contributed by atoms with E-state index in [1.807, 2.05) is 0 Å². The van der Waals surface area contributed by atoms with E-state index in [0.717, 1.165) is 0 Å². The molecule has 0 unspecified atom stereocenters. The molecular formula is C14H12BrN3O2. The lowest BCUT2D eigenvalue weighted by Crippen LogP contribution is -2.19. The van der Waals surface area contributed by atoms with Crippen molar-refractivity contribution in [2.75, 3.05) is 0 Å². The van der Waals surface area contributed by atoms with Gasteiger partial charge in [0.1, 0.15) is 5.75 Å². The van der Waals surface area contributed by atoms with Gasteiger partial charge in [0.2, 0.25) is 0 Å². The molecule has 0 atom stereocenters. The molecule has 102 valence electrons. The van der Waals surface area contributed by atoms with E-state index in [1.54, 1.807) is 43.5 Å². The molecule has 6 heteroatoms. The molecule has 2 aromatic rings. The van der Waals surface area contributed by atoms with Crippen molar-refractivity contribution >= 4 is 27.5 Å². The average molecular weight is 334 g/mol. The van der Waals surface area contributed by atoms with Crippen LogP contribution in [0.5, 0.6) is 5.75 Å². The number of amides is 1. The number of carbonyl (C=O) groups is 1. The summed E-state index contributed by atoms with van der Waals surface area (Å²) in [4.78, 5) is 15.8. The van der Waals surface area contributed by atoms with Gasteiger partial charge in [0.25, 0.3) is 5.91 Å². The Morgan fingerprint density at radius 3 is 2.80 bits per heavy atom. The Morgan fingerprint density at radius 1 is 1.35 bits per heavy atom. The number of phenols is 1. The second-order valence-electron chi connectivity index (χ2n) is 4.05. The maximum absolute atomic E-state index is 11.9. The van der Waals surface area contributed by atoms with Crippen LogP contribution in [0.1, 0.15) is 22.8 Å². The molecule has 1 aromatic heterocycles. The van der Waals surface area contributed by atoms with Crippen molar-refractivity contribution in [1.29, 1.82) is 0 Å². The highest BCUT2D eigenvalue weighted by Gasteiger charge is 2.07. The summed E-state index contributed by atoms with van der Waals surface area (Å²) >= 11 is 3.25. The van der Waals surface area contributed by atoms with Crippen molar-refractivity contribution in [3.05, 3.63) is 58.3 Å². The quantitative estimate of drug-likeness (QED) is 0.669. The van der Waals surface area contributed by atoms with Crippen LogP contribution in [0, 0.1) is 0 Å². The van der Waals surface area contributed by atoms with E-state index in [-0.39, 0.29) is 11.7 Å². The van der Waals surface area contributed by atoms with Crippen LogP contribution >= 0.6 is 15.9 Å². The van der Waals surface area contributed by atoms with Crippen LogP contribution in [0.2, 0.25) is 0 Å². The van der Waals surface area contributed by atoms with Crippen molar-refractivity contribution in [1.82, 2.24) is 10.4 Å². The smallest absolute Gasteiger partial charge is 0.272 e. The first-order valence-corrected chi connectivity index (χ1v) is 6.61. The van der Waals surface area contributed by atoms with E-state index in [4.69, 9.17) is 0 Å². The van der Waals surface area contributed by atoms with Gasteiger partial charge in [-0.2, -0.15) is 5.10 Å². The zero-order valence-electron chi connectivity index (χ0n) is 10.7. The fourth-order valence-corrected chi connectivity index (χ4v) is 1.94. The SMILES string of the molecule is CC(=NNC(=O)c1cncc(Br)c1)c1ccccc1O. The lowest BCUT2D eigenvalue weighted by atomic mass is 10.1. The van der Waals surface area contributed by atoms with Crippen LogP contribution in [0.4, 0.5) is 0 Å². The van der Waals surface area contributed by atoms with Crippen LogP contribution < -0.4 is 5.43 Å². The molecule has 0 spiro atoms. The first-order chi connectivity index (χ1) is 9.58. The van der Waals surface area contributed by atoms with Gasteiger partial charge in [-0.1, -0.05) is 12.1 Å². The summed E-state index contributed by atoms with van der Waals surface area (Å²) in [5.74, 6) is -0.249. The minimum Gasteiger partial charge on any atom is -0.507 e. The van der Waals surface area contributed by atoms with Gasteiger partial charge in [0, 0.05) is 22.4 Å². The number of phenolic OH excluding ortho intramolecular Hbond substituents is 1. The van der Waals surface area contributed by atoms with Crippen molar-refractivity contribution in [3.8, 4) is 5.75 Å². The zero-order valence-corrected chi connectivity index (χ0v) is 12.3. The Hall–Kier alpha value is -2.21. The number of halogens is 1. The van der Waals surface area contributed by atoms with Gasteiger partial charge in [0.15, 0.2) is 0 Å². The van der Waals surface area contributed by atoms with Gasteiger partial charge >= 0.3 is 0 Å². The summed E-state index contributed by atoms with van der Waals surface area (Å²) in [6.45, 7) is 1.70. The summed E-state index contributed by atoms with van der Waals surface area (Å²) in [5.41, 5.74) is 3.91. The minimum absolute atomic E-state index is 0.118. The monoisotopic (exact) mass is 333 g/mol. The van der Waals surface area contributed by atoms with Crippen molar-refractivity contribution in [3.63, 3.8) is 0 Å². The van der Waals surface area contributed by atoms with E-state index in [9.17, 15) is 9.90 Å². The van der Waals surface area contributed by atoms with Crippen LogP contribution in [0.15, 0.2) is 52.3 Å². The van der Waals surface area contributed by atoms with Crippen LogP contribution in [-0.4, -0.2) is 21.7 Å². The van der Waals surface area contributed by atoms with E-state index in [0.29, 0.717) is 21.3 Å². The van der Waals surface area contributed by atoms with Crippen LogP contribution in [0.3, 0.4) is 0 Å². The minimum atomic E-state index is -0.367. The highest BCUT2D eigenvalue weighted by molar-refractivity contribution is 9.10. The molecule has 0 saturated heterocycles. The molecular weight excluding hydrogens is 322 g/mol. The third-order valence-electron chi connectivity index (χ3n) is 2.59. The van der Waals surface area contributed by atoms with Crippen molar-refractivity contribution in [2.24, 2.45) is 5.10 Å². The van der Waals surface area contributed by atoms with Gasteiger partial charge in [-0.15, -0.1) is 0 Å². The molecule has 0 saturated carbocycles. The third kappa shape index (κ3) is 3.42.